The van der Waals surface area contributed by atoms with E-state index < -0.39 is 0 Å². The van der Waals surface area contributed by atoms with E-state index in [1.165, 1.54) is 17.5 Å². The van der Waals surface area contributed by atoms with Gasteiger partial charge in [-0.1, -0.05) is 48.0 Å². The van der Waals surface area contributed by atoms with Crippen LogP contribution in [0.5, 0.6) is 0 Å². The van der Waals surface area contributed by atoms with Gasteiger partial charge in [-0.2, -0.15) is 5.26 Å². The van der Waals surface area contributed by atoms with Crippen LogP contribution in [0.3, 0.4) is 0 Å². The molecule has 1 aromatic carbocycles. The monoisotopic (exact) mass is 377 g/mol. The fourth-order valence-corrected chi connectivity index (χ4v) is 4.76. The summed E-state index contributed by atoms with van der Waals surface area (Å²) in [4.78, 5) is 2.21. The molecule has 0 radical (unpaired) electrons. The number of aromatic nitrogens is 3. The second-order valence-electron chi connectivity index (χ2n) is 6.93. The average molecular weight is 378 g/mol. The molecule has 138 valence electrons. The van der Waals surface area contributed by atoms with Gasteiger partial charge in [0.05, 0.1) is 5.70 Å². The normalized spacial score (nSPS) is 18.6. The molecule has 0 aliphatic carbocycles. The number of aryl methyl sites for hydroxylation is 2. The molecular weight excluding hydrogens is 354 g/mol. The molecule has 0 unspecified atom stereocenters. The number of nitriles is 1. The lowest BCUT2D eigenvalue weighted by atomic mass is 10.1. The summed E-state index contributed by atoms with van der Waals surface area (Å²) in [5, 5.41) is 21.9. The summed E-state index contributed by atoms with van der Waals surface area (Å²) < 4.78 is 2.15. The van der Waals surface area contributed by atoms with Crippen molar-refractivity contribution in [3.8, 4) is 6.07 Å². The first-order valence-corrected chi connectivity index (χ1v) is 10.4. The van der Waals surface area contributed by atoms with Crippen LogP contribution in [-0.4, -0.2) is 26.2 Å². The van der Waals surface area contributed by atoms with Crippen molar-refractivity contribution in [3.05, 3.63) is 57.5 Å². The van der Waals surface area contributed by atoms with Crippen LogP contribution in [0.15, 0.2) is 34.7 Å². The first kappa shape index (κ1) is 17.9. The minimum Gasteiger partial charge on any atom is -0.334 e. The van der Waals surface area contributed by atoms with Gasteiger partial charge in [0.25, 0.3) is 0 Å². The van der Waals surface area contributed by atoms with E-state index in [9.17, 15) is 5.26 Å². The van der Waals surface area contributed by atoms with Gasteiger partial charge in [-0.3, -0.25) is 0 Å². The Morgan fingerprint density at radius 2 is 2.00 bits per heavy atom. The lowest BCUT2D eigenvalue weighted by molar-refractivity contribution is 0.556. The number of hydrogen-bond donors (Lipinski definition) is 0. The zero-order valence-corrected chi connectivity index (χ0v) is 16.6. The standard InChI is InChI=1S/C21H23N5S/c1-3-25-18(16-10-8-15(2)9-11-16)14-27-21(25)17(13-22)20-24-23-19-7-5-4-6-12-26(19)20/h8-11,14H,3-7,12H2,1-2H3/b21-17+. The molecule has 0 amide bonds. The molecular formula is C21H23N5S. The van der Waals surface area contributed by atoms with E-state index in [0.29, 0.717) is 11.4 Å². The maximum absolute atomic E-state index is 9.98. The van der Waals surface area contributed by atoms with E-state index in [1.807, 2.05) is 0 Å². The first-order valence-electron chi connectivity index (χ1n) is 9.51. The molecule has 0 atom stereocenters. The molecule has 2 aliphatic rings. The maximum Gasteiger partial charge on any atom is 0.177 e. The molecule has 2 aromatic rings. The fraction of sp³-hybridized carbons (Fsp3) is 0.381. The van der Waals surface area contributed by atoms with Gasteiger partial charge in [0.15, 0.2) is 5.82 Å². The molecule has 5 nitrogen and oxygen atoms in total. The van der Waals surface area contributed by atoms with Gasteiger partial charge in [0.2, 0.25) is 0 Å². The topological polar surface area (TPSA) is 57.7 Å². The van der Waals surface area contributed by atoms with Gasteiger partial charge in [0, 0.05) is 24.9 Å². The third-order valence-corrected chi connectivity index (χ3v) is 6.13. The van der Waals surface area contributed by atoms with Gasteiger partial charge in [0.1, 0.15) is 22.5 Å². The molecule has 0 saturated carbocycles. The summed E-state index contributed by atoms with van der Waals surface area (Å²) in [6.45, 7) is 5.90. The van der Waals surface area contributed by atoms with Crippen LogP contribution < -0.4 is 0 Å². The zero-order valence-electron chi connectivity index (χ0n) is 15.8. The van der Waals surface area contributed by atoms with E-state index in [1.54, 1.807) is 11.8 Å². The highest BCUT2D eigenvalue weighted by atomic mass is 32.2. The molecule has 6 heteroatoms. The van der Waals surface area contributed by atoms with Crippen molar-refractivity contribution in [1.29, 1.82) is 5.26 Å². The summed E-state index contributed by atoms with van der Waals surface area (Å²) in [7, 11) is 0. The van der Waals surface area contributed by atoms with Crippen LogP contribution in [0.25, 0.3) is 11.3 Å². The molecule has 0 N–H and O–H groups in total. The molecule has 0 spiro atoms. The van der Waals surface area contributed by atoms with E-state index in [-0.39, 0.29) is 0 Å². The summed E-state index contributed by atoms with van der Waals surface area (Å²) in [5.41, 5.74) is 4.18. The van der Waals surface area contributed by atoms with Gasteiger partial charge in [-0.15, -0.1) is 10.2 Å². The van der Waals surface area contributed by atoms with E-state index >= 15 is 0 Å². The van der Waals surface area contributed by atoms with E-state index in [4.69, 9.17) is 0 Å². The van der Waals surface area contributed by atoms with Crippen LogP contribution in [0.1, 0.15) is 49.0 Å². The van der Waals surface area contributed by atoms with Crippen LogP contribution >= 0.6 is 11.8 Å². The first-order chi connectivity index (χ1) is 13.2. The molecule has 0 fully saturated rings. The van der Waals surface area contributed by atoms with E-state index in [2.05, 4.69) is 69.3 Å². The Balaban J connectivity index is 1.74. The van der Waals surface area contributed by atoms with Gasteiger partial charge < -0.3 is 9.47 Å². The minimum absolute atomic E-state index is 0.626. The molecule has 2 aliphatic heterocycles. The van der Waals surface area contributed by atoms with Crippen LogP contribution in [-0.2, 0) is 13.0 Å². The molecule has 0 bridgehead atoms. The van der Waals surface area contributed by atoms with Crippen LogP contribution in [0.4, 0.5) is 0 Å². The number of nitrogens with zero attached hydrogens (tertiary/aromatic N) is 5. The smallest absolute Gasteiger partial charge is 0.177 e. The van der Waals surface area contributed by atoms with Crippen molar-refractivity contribution in [2.75, 3.05) is 6.54 Å². The summed E-state index contributed by atoms with van der Waals surface area (Å²) >= 11 is 1.61. The second-order valence-corrected chi connectivity index (χ2v) is 7.78. The van der Waals surface area contributed by atoms with Crippen molar-refractivity contribution in [3.63, 3.8) is 0 Å². The number of fused-ring (bicyclic) bond motifs is 1. The zero-order chi connectivity index (χ0) is 18.8. The molecule has 0 saturated heterocycles. The van der Waals surface area contributed by atoms with Gasteiger partial charge in [-0.25, -0.2) is 0 Å². The van der Waals surface area contributed by atoms with Crippen LogP contribution in [0.2, 0.25) is 0 Å². The van der Waals surface area contributed by atoms with Crippen LogP contribution in [0, 0.1) is 18.3 Å². The Hall–Kier alpha value is -2.52. The second kappa shape index (κ2) is 7.61. The minimum atomic E-state index is 0.626. The Morgan fingerprint density at radius 1 is 1.19 bits per heavy atom. The van der Waals surface area contributed by atoms with Gasteiger partial charge in [-0.05, 0) is 32.3 Å². The number of hydrogen-bond acceptors (Lipinski definition) is 5. The highest BCUT2D eigenvalue weighted by Crippen LogP contribution is 2.43. The van der Waals surface area contributed by atoms with Crippen molar-refractivity contribution >= 4 is 23.0 Å². The predicted octanol–water partition coefficient (Wildman–Crippen LogP) is 4.57. The molecule has 27 heavy (non-hydrogen) atoms. The predicted molar refractivity (Wildman–Crippen MR) is 109 cm³/mol. The Bertz CT molecular complexity index is 946. The molecule has 1 aromatic heterocycles. The van der Waals surface area contributed by atoms with Crippen molar-refractivity contribution in [1.82, 2.24) is 19.7 Å². The Labute approximate surface area is 164 Å². The quantitative estimate of drug-likeness (QED) is 0.733. The largest absolute Gasteiger partial charge is 0.334 e. The number of allylic oxidation sites excluding steroid dienone is 1. The van der Waals surface area contributed by atoms with E-state index in [0.717, 1.165) is 48.9 Å². The SMILES string of the molecule is CCN1C(c2ccc(C)cc2)=CS/C1=C(\C#N)c1nnc2n1CCCCC2. The number of thioether (sulfide) groups is 1. The third kappa shape index (κ3) is 3.28. The van der Waals surface area contributed by atoms with Gasteiger partial charge >= 0.3 is 0 Å². The van der Waals surface area contributed by atoms with Crippen molar-refractivity contribution in [2.24, 2.45) is 0 Å². The lowest BCUT2D eigenvalue weighted by Crippen LogP contribution is -2.18. The fourth-order valence-electron chi connectivity index (χ4n) is 3.67. The summed E-state index contributed by atoms with van der Waals surface area (Å²) in [5.74, 6) is 1.72. The molecule has 4 rings (SSSR count). The highest BCUT2D eigenvalue weighted by molar-refractivity contribution is 8.06. The number of benzene rings is 1. The highest BCUT2D eigenvalue weighted by Gasteiger charge is 2.28. The third-order valence-electron chi connectivity index (χ3n) is 5.14. The average Bonchev–Trinajstić information content (AvgIpc) is 3.20. The summed E-state index contributed by atoms with van der Waals surface area (Å²) in [6, 6.07) is 11.0. The Kier molecular flexibility index (Phi) is 5.04. The maximum atomic E-state index is 9.98. The summed E-state index contributed by atoms with van der Waals surface area (Å²) in [6.07, 6.45) is 4.41. The lowest BCUT2D eigenvalue weighted by Gasteiger charge is -2.23. The Morgan fingerprint density at radius 3 is 2.74 bits per heavy atom. The number of rotatable bonds is 3. The van der Waals surface area contributed by atoms with Crippen molar-refractivity contribution < 1.29 is 0 Å². The molecule has 3 heterocycles. The van der Waals surface area contributed by atoms with Crippen molar-refractivity contribution in [2.45, 2.75) is 46.1 Å².